The van der Waals surface area contributed by atoms with Crippen LogP contribution < -0.4 is 0 Å². The van der Waals surface area contributed by atoms with Crippen LogP contribution in [0, 0.1) is 5.92 Å². The van der Waals surface area contributed by atoms with E-state index in [1.807, 2.05) is 0 Å². The number of carbonyl (C=O) groups excluding carboxylic acids is 1. The topological polar surface area (TPSA) is 26.3 Å². The largest absolute Gasteiger partial charge is 0.466 e. The number of carbonyl (C=O) groups is 1. The van der Waals surface area contributed by atoms with E-state index in [0.29, 0.717) is 12.5 Å². The van der Waals surface area contributed by atoms with Gasteiger partial charge >= 0.3 is 5.97 Å². The molecular weight excluding hydrogens is 212 g/mol. The van der Waals surface area contributed by atoms with Crippen molar-refractivity contribution in [1.29, 1.82) is 0 Å². The third-order valence-electron chi connectivity index (χ3n) is 3.12. The van der Waals surface area contributed by atoms with Gasteiger partial charge in [0, 0.05) is 6.92 Å². The van der Waals surface area contributed by atoms with Gasteiger partial charge in [0.15, 0.2) is 0 Å². The fraction of sp³-hybridized carbons (Fsp3) is 0.933. The van der Waals surface area contributed by atoms with Gasteiger partial charge in [-0.1, -0.05) is 65.2 Å². The first-order valence-electron chi connectivity index (χ1n) is 7.30. The smallest absolute Gasteiger partial charge is 0.302 e. The molecule has 2 heteroatoms. The van der Waals surface area contributed by atoms with Gasteiger partial charge in [-0.15, -0.1) is 0 Å². The first-order valence-corrected chi connectivity index (χ1v) is 7.30. The average Bonchev–Trinajstić information content (AvgIpc) is 2.30. The molecular formula is C15H30O2. The van der Waals surface area contributed by atoms with Crippen LogP contribution in [0.2, 0.25) is 0 Å². The molecule has 0 aliphatic rings. The molecule has 0 N–H and O–H groups in total. The summed E-state index contributed by atoms with van der Waals surface area (Å²) in [5, 5.41) is 0. The van der Waals surface area contributed by atoms with Crippen LogP contribution in [0.15, 0.2) is 0 Å². The van der Waals surface area contributed by atoms with Gasteiger partial charge in [-0.25, -0.2) is 0 Å². The van der Waals surface area contributed by atoms with E-state index in [-0.39, 0.29) is 5.97 Å². The van der Waals surface area contributed by atoms with Crippen molar-refractivity contribution >= 4 is 5.97 Å². The first-order chi connectivity index (χ1) is 8.16. The summed E-state index contributed by atoms with van der Waals surface area (Å²) in [6.07, 6.45) is 12.1. The normalized spacial score (nSPS) is 12.4. The molecule has 0 saturated carbocycles. The van der Waals surface area contributed by atoms with E-state index >= 15 is 0 Å². The van der Waals surface area contributed by atoms with Crippen LogP contribution in [0.3, 0.4) is 0 Å². The van der Waals surface area contributed by atoms with E-state index in [1.165, 1.54) is 64.7 Å². The zero-order valence-electron chi connectivity index (χ0n) is 12.0. The molecule has 0 rings (SSSR count). The molecule has 17 heavy (non-hydrogen) atoms. The van der Waals surface area contributed by atoms with Crippen LogP contribution in [0.5, 0.6) is 0 Å². The second-order valence-electron chi connectivity index (χ2n) is 5.17. The maximum absolute atomic E-state index is 10.6. The molecule has 1 atom stereocenters. The third-order valence-corrected chi connectivity index (χ3v) is 3.12. The van der Waals surface area contributed by atoms with Crippen LogP contribution in [-0.2, 0) is 9.53 Å². The molecule has 2 nitrogen and oxygen atoms in total. The van der Waals surface area contributed by atoms with Crippen molar-refractivity contribution in [2.24, 2.45) is 5.92 Å². The first kappa shape index (κ1) is 16.5. The summed E-state index contributed by atoms with van der Waals surface area (Å²) in [5.74, 6) is 0.353. The van der Waals surface area contributed by atoms with E-state index in [4.69, 9.17) is 4.74 Å². The van der Waals surface area contributed by atoms with Crippen LogP contribution in [0.4, 0.5) is 0 Å². The second kappa shape index (κ2) is 11.9. The van der Waals surface area contributed by atoms with Gasteiger partial charge < -0.3 is 4.74 Å². The summed E-state index contributed by atoms with van der Waals surface area (Å²) < 4.78 is 4.99. The SMILES string of the molecule is CCCCCCCCCC[C@H](C)COC(C)=O. The second-order valence-corrected chi connectivity index (χ2v) is 5.17. The van der Waals surface area contributed by atoms with Gasteiger partial charge in [0.1, 0.15) is 0 Å². The monoisotopic (exact) mass is 242 g/mol. The van der Waals surface area contributed by atoms with Gasteiger partial charge in [-0.05, 0) is 12.3 Å². The molecule has 0 radical (unpaired) electrons. The highest BCUT2D eigenvalue weighted by atomic mass is 16.5. The third kappa shape index (κ3) is 13.4. The summed E-state index contributed by atoms with van der Waals surface area (Å²) in [5.41, 5.74) is 0. The van der Waals surface area contributed by atoms with Gasteiger partial charge in [0.2, 0.25) is 0 Å². The van der Waals surface area contributed by atoms with Crippen molar-refractivity contribution in [3.05, 3.63) is 0 Å². The Morgan fingerprint density at radius 1 is 1.00 bits per heavy atom. The molecule has 0 heterocycles. The minimum absolute atomic E-state index is 0.159. The minimum atomic E-state index is -0.159. The maximum atomic E-state index is 10.6. The predicted molar refractivity (Wildman–Crippen MR) is 73.0 cm³/mol. The lowest BCUT2D eigenvalue weighted by atomic mass is 10.0. The summed E-state index contributed by atoms with van der Waals surface area (Å²) in [7, 11) is 0. The van der Waals surface area contributed by atoms with Gasteiger partial charge in [0.25, 0.3) is 0 Å². The molecule has 0 saturated heterocycles. The van der Waals surface area contributed by atoms with Crippen LogP contribution in [0.1, 0.15) is 78.6 Å². The van der Waals surface area contributed by atoms with Gasteiger partial charge in [-0.2, -0.15) is 0 Å². The molecule has 102 valence electrons. The number of hydrogen-bond acceptors (Lipinski definition) is 2. The molecule has 0 aliphatic carbocycles. The Morgan fingerprint density at radius 3 is 2.06 bits per heavy atom. The van der Waals surface area contributed by atoms with Crippen molar-refractivity contribution in [1.82, 2.24) is 0 Å². The quantitative estimate of drug-likeness (QED) is 0.387. The predicted octanol–water partition coefficient (Wildman–Crippen LogP) is 4.72. The highest BCUT2D eigenvalue weighted by Gasteiger charge is 2.03. The molecule has 0 aliphatic heterocycles. The van der Waals surface area contributed by atoms with E-state index < -0.39 is 0 Å². The average molecular weight is 242 g/mol. The van der Waals surface area contributed by atoms with Crippen molar-refractivity contribution in [2.75, 3.05) is 6.61 Å². The van der Waals surface area contributed by atoms with E-state index in [9.17, 15) is 4.79 Å². The van der Waals surface area contributed by atoms with Crippen LogP contribution >= 0.6 is 0 Å². The zero-order chi connectivity index (χ0) is 12.9. The van der Waals surface area contributed by atoms with Crippen molar-refractivity contribution < 1.29 is 9.53 Å². The van der Waals surface area contributed by atoms with E-state index in [1.54, 1.807) is 0 Å². The summed E-state index contributed by atoms with van der Waals surface area (Å²) in [6.45, 7) is 6.48. The molecule has 0 amide bonds. The molecule has 0 spiro atoms. The fourth-order valence-corrected chi connectivity index (χ4v) is 1.97. The van der Waals surface area contributed by atoms with Crippen molar-refractivity contribution in [3.8, 4) is 0 Å². The van der Waals surface area contributed by atoms with Gasteiger partial charge in [-0.3, -0.25) is 4.79 Å². The highest BCUT2D eigenvalue weighted by Crippen LogP contribution is 2.13. The Labute approximate surface area is 107 Å². The Morgan fingerprint density at radius 2 is 1.53 bits per heavy atom. The molecule has 0 aromatic heterocycles. The van der Waals surface area contributed by atoms with Crippen LogP contribution in [-0.4, -0.2) is 12.6 Å². The lowest BCUT2D eigenvalue weighted by Crippen LogP contribution is -2.09. The van der Waals surface area contributed by atoms with Crippen LogP contribution in [0.25, 0.3) is 0 Å². The zero-order valence-corrected chi connectivity index (χ0v) is 12.0. The summed E-state index contributed by atoms with van der Waals surface area (Å²) in [6, 6.07) is 0. The number of hydrogen-bond donors (Lipinski definition) is 0. The van der Waals surface area contributed by atoms with E-state index in [2.05, 4.69) is 13.8 Å². The highest BCUT2D eigenvalue weighted by molar-refractivity contribution is 5.65. The number of rotatable bonds is 11. The Hall–Kier alpha value is -0.530. The summed E-state index contributed by atoms with van der Waals surface area (Å²) >= 11 is 0. The molecule has 0 fully saturated rings. The molecule has 0 bridgehead atoms. The molecule has 0 aromatic rings. The van der Waals surface area contributed by atoms with Crippen molar-refractivity contribution in [2.45, 2.75) is 78.6 Å². The number of ether oxygens (including phenoxy) is 1. The summed E-state index contributed by atoms with van der Waals surface area (Å²) in [4.78, 5) is 10.6. The number of esters is 1. The Kier molecular flexibility index (Phi) is 11.6. The number of unbranched alkanes of at least 4 members (excludes halogenated alkanes) is 7. The Balaban J connectivity index is 3.13. The minimum Gasteiger partial charge on any atom is -0.466 e. The van der Waals surface area contributed by atoms with Crippen molar-refractivity contribution in [3.63, 3.8) is 0 Å². The lowest BCUT2D eigenvalue weighted by molar-refractivity contribution is -0.142. The van der Waals surface area contributed by atoms with Gasteiger partial charge in [0.05, 0.1) is 6.61 Å². The molecule has 0 aromatic carbocycles. The lowest BCUT2D eigenvalue weighted by Gasteiger charge is -2.10. The fourth-order valence-electron chi connectivity index (χ4n) is 1.97. The standard InChI is InChI=1S/C15H30O2/c1-4-5-6-7-8-9-10-11-12-14(2)13-17-15(3)16/h14H,4-13H2,1-3H3/t14-/m0/s1. The van der Waals surface area contributed by atoms with E-state index in [0.717, 1.165) is 0 Å². The maximum Gasteiger partial charge on any atom is 0.302 e. The molecule has 0 unspecified atom stereocenters. The Bertz CT molecular complexity index is 178.